The van der Waals surface area contributed by atoms with E-state index >= 15 is 0 Å². The van der Waals surface area contributed by atoms with E-state index in [-0.39, 0.29) is 10.8 Å². The lowest BCUT2D eigenvalue weighted by molar-refractivity contribution is 0.639. The van der Waals surface area contributed by atoms with Crippen molar-refractivity contribution < 1.29 is 0 Å². The van der Waals surface area contributed by atoms with Gasteiger partial charge in [-0.05, 0) is 78.2 Å². The van der Waals surface area contributed by atoms with Crippen molar-refractivity contribution in [3.05, 3.63) is 52.8 Å². The minimum atomic E-state index is -0.0699. The van der Waals surface area contributed by atoms with E-state index in [0.29, 0.717) is 0 Å². The molecule has 0 N–H and O–H groups in total. The summed E-state index contributed by atoms with van der Waals surface area (Å²) in [7, 11) is 0. The summed E-state index contributed by atoms with van der Waals surface area (Å²) in [5.41, 5.74) is 7.94. The van der Waals surface area contributed by atoms with Crippen molar-refractivity contribution in [3.63, 3.8) is 0 Å². The normalized spacial score (nSPS) is 17.5. The molecule has 0 radical (unpaired) electrons. The minimum Gasteiger partial charge on any atom is -0.234 e. The second-order valence-electron chi connectivity index (χ2n) is 8.61. The molecule has 0 saturated carbocycles. The molecule has 2 aromatic carbocycles. The van der Waals surface area contributed by atoms with E-state index in [1.54, 1.807) is 0 Å². The summed E-state index contributed by atoms with van der Waals surface area (Å²) in [6.45, 7) is 9.30. The van der Waals surface area contributed by atoms with Crippen LogP contribution in [0.3, 0.4) is 0 Å². The van der Waals surface area contributed by atoms with Crippen LogP contribution in [0.5, 0.6) is 0 Å². The molecule has 140 valence electrons. The monoisotopic (exact) mass is 626 g/mol. The summed E-state index contributed by atoms with van der Waals surface area (Å²) < 4.78 is 2.25. The van der Waals surface area contributed by atoms with E-state index in [1.165, 1.54) is 54.2 Å². The summed E-state index contributed by atoms with van der Waals surface area (Å²) in [5.74, 6) is 0. The third-order valence-corrected chi connectivity index (χ3v) is 9.88. The first kappa shape index (κ1) is 18.2. The number of halogens is 2. The van der Waals surface area contributed by atoms with Gasteiger partial charge in [-0.1, -0.05) is 52.0 Å². The molecule has 0 bridgehead atoms. The van der Waals surface area contributed by atoms with Crippen LogP contribution >= 0.6 is 67.9 Å². The zero-order valence-electron chi connectivity index (χ0n) is 15.8. The average molecular weight is 626 g/mol. The van der Waals surface area contributed by atoms with E-state index in [1.807, 2.05) is 22.7 Å². The van der Waals surface area contributed by atoms with Gasteiger partial charge in [-0.2, -0.15) is 0 Å². The average Bonchev–Trinajstić information content (AvgIpc) is 3.31. The van der Waals surface area contributed by atoms with Gasteiger partial charge in [-0.3, -0.25) is 0 Å². The Hall–Kier alpha value is -0.580. The Kier molecular flexibility index (Phi) is 3.61. The quantitative estimate of drug-likeness (QED) is 0.188. The van der Waals surface area contributed by atoms with Crippen LogP contribution in [-0.4, -0.2) is 9.97 Å². The fraction of sp³-hybridized carbons (Fsp3) is 0.273. The van der Waals surface area contributed by atoms with Gasteiger partial charge in [0.2, 0.25) is 0 Å². The van der Waals surface area contributed by atoms with Crippen LogP contribution in [0.4, 0.5) is 0 Å². The summed E-state index contributed by atoms with van der Waals surface area (Å²) in [6, 6.07) is 9.35. The summed E-state index contributed by atoms with van der Waals surface area (Å²) in [4.78, 5) is 12.5. The van der Waals surface area contributed by atoms with Crippen molar-refractivity contribution in [3.8, 4) is 20.9 Å². The Morgan fingerprint density at radius 3 is 1.46 bits per heavy atom. The molecular weight excluding hydrogens is 610 g/mol. The molecule has 0 spiro atoms. The van der Waals surface area contributed by atoms with Crippen molar-refractivity contribution in [1.29, 1.82) is 0 Å². The zero-order chi connectivity index (χ0) is 19.6. The number of nitrogens with zero attached hydrogens (tertiary/aromatic N) is 2. The Balaban J connectivity index is 1.72. The molecule has 2 heterocycles. The third kappa shape index (κ3) is 2.08. The number of hydrogen-bond acceptors (Lipinski definition) is 4. The maximum Gasteiger partial charge on any atom is 0.154 e. The fourth-order valence-corrected chi connectivity index (χ4v) is 8.94. The van der Waals surface area contributed by atoms with Gasteiger partial charge >= 0.3 is 0 Å². The van der Waals surface area contributed by atoms with E-state index < -0.39 is 0 Å². The van der Waals surface area contributed by atoms with Gasteiger partial charge in [0.05, 0.1) is 21.1 Å². The highest BCUT2D eigenvalue weighted by atomic mass is 127. The van der Waals surface area contributed by atoms with Gasteiger partial charge < -0.3 is 0 Å². The lowest BCUT2D eigenvalue weighted by Gasteiger charge is -2.25. The van der Waals surface area contributed by atoms with Crippen molar-refractivity contribution in [2.75, 3.05) is 0 Å². The Morgan fingerprint density at radius 2 is 1.07 bits per heavy atom. The maximum absolute atomic E-state index is 4.90. The molecule has 0 amide bonds. The van der Waals surface area contributed by atoms with Crippen molar-refractivity contribution >= 4 is 78.6 Å². The molecule has 4 aromatic rings. The Morgan fingerprint density at radius 1 is 0.679 bits per heavy atom. The van der Waals surface area contributed by atoms with Crippen molar-refractivity contribution in [2.24, 2.45) is 0 Å². The molecule has 0 aliphatic heterocycles. The third-order valence-electron chi connectivity index (χ3n) is 6.33. The standard InChI is InChI=1S/C22H16I2N2S2/c1-21(2)13-9-5-8-12-14(22(3,4)18-16(12)28-20(24)26-18)10(9)6-7-11(13)15-17(21)25-19(23)27-15/h5-8H,1-4H3. The highest BCUT2D eigenvalue weighted by Gasteiger charge is 2.43. The molecule has 6 heteroatoms. The van der Waals surface area contributed by atoms with Gasteiger partial charge in [0, 0.05) is 10.8 Å². The number of thiazole rings is 2. The SMILES string of the molecule is CC1(C)c2nc(I)sc2-c2ccc3c4c(ccc3c21)-c1sc(I)nc1C4(C)C. The van der Waals surface area contributed by atoms with Gasteiger partial charge in [0.15, 0.2) is 6.03 Å². The molecule has 6 rings (SSSR count). The predicted octanol–water partition coefficient (Wildman–Crippen LogP) is 7.57. The molecule has 0 saturated heterocycles. The van der Waals surface area contributed by atoms with Crippen molar-refractivity contribution in [2.45, 2.75) is 38.5 Å². The van der Waals surface area contributed by atoms with E-state index in [9.17, 15) is 0 Å². The van der Waals surface area contributed by atoms with Crippen LogP contribution in [0.25, 0.3) is 31.7 Å². The second-order valence-corrected chi connectivity index (χ2v) is 14.1. The van der Waals surface area contributed by atoms with Gasteiger partial charge in [0.1, 0.15) is 0 Å². The minimum absolute atomic E-state index is 0.0699. The Labute approximate surface area is 199 Å². The lowest BCUT2D eigenvalue weighted by atomic mass is 9.78. The molecule has 2 aliphatic rings. The fourth-order valence-electron chi connectivity index (χ4n) is 5.17. The first-order valence-corrected chi connectivity index (χ1v) is 13.0. The largest absolute Gasteiger partial charge is 0.234 e. The molecule has 2 nitrogen and oxygen atoms in total. The molecule has 0 fully saturated rings. The summed E-state index contributed by atoms with van der Waals surface area (Å²) >= 11 is 8.33. The molecule has 0 atom stereocenters. The number of hydrogen-bond donors (Lipinski definition) is 0. The summed E-state index contributed by atoms with van der Waals surface area (Å²) in [6.07, 6.45) is 0. The van der Waals surface area contributed by atoms with Gasteiger partial charge in [-0.15, -0.1) is 22.7 Å². The zero-order valence-corrected chi connectivity index (χ0v) is 21.7. The maximum atomic E-state index is 4.90. The first-order chi connectivity index (χ1) is 13.2. The molecule has 2 aromatic heterocycles. The van der Waals surface area contributed by atoms with E-state index in [4.69, 9.17) is 9.97 Å². The molecule has 0 unspecified atom stereocenters. The van der Waals surface area contributed by atoms with E-state index in [0.717, 1.165) is 6.03 Å². The first-order valence-electron chi connectivity index (χ1n) is 9.16. The van der Waals surface area contributed by atoms with Crippen LogP contribution in [0, 0.1) is 6.03 Å². The topological polar surface area (TPSA) is 25.8 Å². The van der Waals surface area contributed by atoms with Crippen LogP contribution in [-0.2, 0) is 10.8 Å². The summed E-state index contributed by atoms with van der Waals surface area (Å²) in [5, 5.41) is 2.75. The van der Waals surface area contributed by atoms with Crippen LogP contribution in [0.2, 0.25) is 0 Å². The number of fused-ring (bicyclic) bond motifs is 9. The number of rotatable bonds is 0. The van der Waals surface area contributed by atoms with Crippen LogP contribution in [0.15, 0.2) is 24.3 Å². The molecular formula is C22H16I2N2S2. The highest BCUT2D eigenvalue weighted by Crippen LogP contribution is 2.57. The lowest BCUT2D eigenvalue weighted by Crippen LogP contribution is -2.19. The Bertz CT molecular complexity index is 1240. The van der Waals surface area contributed by atoms with Gasteiger partial charge in [-0.25, -0.2) is 9.97 Å². The number of aromatic nitrogens is 2. The van der Waals surface area contributed by atoms with Crippen LogP contribution < -0.4 is 0 Å². The van der Waals surface area contributed by atoms with Crippen LogP contribution in [0.1, 0.15) is 50.2 Å². The van der Waals surface area contributed by atoms with E-state index in [2.05, 4.69) is 97.1 Å². The van der Waals surface area contributed by atoms with Gasteiger partial charge in [0.25, 0.3) is 0 Å². The number of benzene rings is 2. The smallest absolute Gasteiger partial charge is 0.154 e. The molecule has 2 aliphatic carbocycles. The predicted molar refractivity (Wildman–Crippen MR) is 136 cm³/mol. The molecule has 28 heavy (non-hydrogen) atoms. The highest BCUT2D eigenvalue weighted by molar-refractivity contribution is 14.1. The second kappa shape index (κ2) is 5.56. The van der Waals surface area contributed by atoms with Crippen molar-refractivity contribution in [1.82, 2.24) is 9.97 Å².